The lowest BCUT2D eigenvalue weighted by atomic mass is 9.90. The molecule has 0 aromatic heterocycles. The van der Waals surface area contributed by atoms with Crippen molar-refractivity contribution in [3.63, 3.8) is 0 Å². The van der Waals surface area contributed by atoms with Gasteiger partial charge in [-0.25, -0.2) is 0 Å². The number of carbonyl (C=O) groups excluding carboxylic acids is 7. The van der Waals surface area contributed by atoms with E-state index in [1.165, 1.54) is 51.0 Å². The molecule has 6 atom stereocenters. The highest BCUT2D eigenvalue weighted by Crippen LogP contribution is 2.37. The molecule has 368 valence electrons. The Labute approximate surface area is 397 Å². The standard InChI is InChI=1S/C46H60Cl2F3N7O9/c1-24(2)18-32-40(63)57(7)34(22-27-19-29(47)14-16-31(27)48)39(62)55-44(3,4)42(65)52-17-9-8-10-33(37(60)53-32)56(6)41(64)36(25-11-12-25)54-38(61)35-21-26-13-15-30(59)20-28(26)23-58(35)43(66)45(5,67)46(49,50)51/h13-16,19-20,24-25,32-36,59,67H,8-12,17-18,21-23H2,1-7H3,(H,52,65)(H,53,60)(H,54,61)(H,55,62)/t32-,33-,34-,35-,36-,45+/m0/s1. The van der Waals surface area contributed by atoms with Gasteiger partial charge >= 0.3 is 6.18 Å². The molecule has 67 heavy (non-hydrogen) atoms. The summed E-state index contributed by atoms with van der Waals surface area (Å²) in [5.41, 5.74) is -4.19. The summed E-state index contributed by atoms with van der Waals surface area (Å²) in [6, 6.07) is 2.06. The van der Waals surface area contributed by atoms with Gasteiger partial charge in [0.15, 0.2) is 0 Å². The van der Waals surface area contributed by atoms with Gasteiger partial charge in [0, 0.05) is 50.1 Å². The minimum absolute atomic E-state index is 0.0325. The van der Waals surface area contributed by atoms with E-state index in [1.807, 2.05) is 13.8 Å². The van der Waals surface area contributed by atoms with Crippen molar-refractivity contribution in [1.82, 2.24) is 36.0 Å². The van der Waals surface area contributed by atoms with Gasteiger partial charge in [-0.1, -0.05) is 43.1 Å². The third-order valence-electron chi connectivity index (χ3n) is 12.7. The third-order valence-corrected chi connectivity index (χ3v) is 13.3. The summed E-state index contributed by atoms with van der Waals surface area (Å²) in [5, 5.41) is 32.2. The Kier molecular flexibility index (Phi) is 16.6. The van der Waals surface area contributed by atoms with Crippen LogP contribution in [0, 0.1) is 11.8 Å². The molecule has 0 unspecified atom stereocenters. The number of benzene rings is 2. The molecule has 0 spiro atoms. The van der Waals surface area contributed by atoms with Crippen LogP contribution in [0.25, 0.3) is 0 Å². The van der Waals surface area contributed by atoms with Crippen LogP contribution in [0.4, 0.5) is 13.2 Å². The van der Waals surface area contributed by atoms with Crippen LogP contribution in [0.3, 0.4) is 0 Å². The number of alkyl halides is 3. The molecule has 7 amide bonds. The summed E-state index contributed by atoms with van der Waals surface area (Å²) in [7, 11) is 2.75. The summed E-state index contributed by atoms with van der Waals surface area (Å²) >= 11 is 12.8. The molecule has 21 heteroatoms. The Morgan fingerprint density at radius 1 is 0.985 bits per heavy atom. The number of amides is 7. The molecule has 2 aromatic rings. The van der Waals surface area contributed by atoms with Gasteiger partial charge in [-0.15, -0.1) is 0 Å². The highest BCUT2D eigenvalue weighted by Gasteiger charge is 2.59. The minimum Gasteiger partial charge on any atom is -0.508 e. The minimum atomic E-state index is -5.41. The predicted octanol–water partition coefficient (Wildman–Crippen LogP) is 3.78. The van der Waals surface area contributed by atoms with Crippen LogP contribution in [0.15, 0.2) is 36.4 Å². The number of phenols is 1. The van der Waals surface area contributed by atoms with Crippen molar-refractivity contribution in [2.24, 2.45) is 11.8 Å². The lowest BCUT2D eigenvalue weighted by molar-refractivity contribution is -0.251. The van der Waals surface area contributed by atoms with E-state index in [9.17, 15) is 56.9 Å². The van der Waals surface area contributed by atoms with E-state index in [1.54, 1.807) is 18.2 Å². The monoisotopic (exact) mass is 981 g/mol. The van der Waals surface area contributed by atoms with Gasteiger partial charge in [-0.05, 0) is 118 Å². The molecule has 2 aliphatic heterocycles. The second-order valence-corrected chi connectivity index (χ2v) is 19.8. The number of aliphatic hydroxyl groups is 1. The molecule has 0 bridgehead atoms. The lowest BCUT2D eigenvalue weighted by Crippen LogP contribution is -2.64. The fourth-order valence-corrected chi connectivity index (χ4v) is 8.75. The van der Waals surface area contributed by atoms with Crippen LogP contribution in [0.5, 0.6) is 5.75 Å². The topological polar surface area (TPSA) is 218 Å². The van der Waals surface area contributed by atoms with E-state index in [2.05, 4.69) is 21.3 Å². The van der Waals surface area contributed by atoms with E-state index in [4.69, 9.17) is 23.2 Å². The zero-order valence-corrected chi connectivity index (χ0v) is 40.1. The SMILES string of the molecule is CC(C)C[C@@H]1NC(=O)[C@@H](N(C)C(=O)[C@@H](NC(=O)[C@@H]2Cc3ccc(O)cc3CN2C(=O)[C@@](C)(O)C(F)(F)F)C2CC2)CCCCNC(=O)C(C)(C)NC(=O)[C@H](Cc2cc(Cl)ccc2Cl)N(C)C1=O. The molecule has 3 aliphatic rings. The van der Waals surface area contributed by atoms with E-state index in [0.717, 1.165) is 4.90 Å². The van der Waals surface area contributed by atoms with Crippen LogP contribution >= 0.6 is 23.2 Å². The van der Waals surface area contributed by atoms with Gasteiger partial charge < -0.3 is 46.2 Å². The molecule has 16 nitrogen and oxygen atoms in total. The van der Waals surface area contributed by atoms with Crippen molar-refractivity contribution >= 4 is 64.6 Å². The summed E-state index contributed by atoms with van der Waals surface area (Å²) in [6.07, 6.45) is -4.15. The van der Waals surface area contributed by atoms with Gasteiger partial charge in [0.25, 0.3) is 5.91 Å². The first-order valence-electron chi connectivity index (χ1n) is 22.2. The quantitative estimate of drug-likeness (QED) is 0.204. The van der Waals surface area contributed by atoms with Crippen molar-refractivity contribution in [3.05, 3.63) is 63.1 Å². The van der Waals surface area contributed by atoms with E-state index >= 15 is 0 Å². The van der Waals surface area contributed by atoms with Crippen molar-refractivity contribution in [2.75, 3.05) is 20.6 Å². The van der Waals surface area contributed by atoms with E-state index < -0.39 is 101 Å². The molecular formula is C46H60Cl2F3N7O9. The van der Waals surface area contributed by atoms with Gasteiger partial charge in [0.05, 0.1) is 0 Å². The molecular weight excluding hydrogens is 922 g/mol. The summed E-state index contributed by atoms with van der Waals surface area (Å²) < 4.78 is 42.0. The predicted molar refractivity (Wildman–Crippen MR) is 241 cm³/mol. The van der Waals surface area contributed by atoms with Gasteiger partial charge in [0.1, 0.15) is 41.5 Å². The highest BCUT2D eigenvalue weighted by atomic mass is 35.5. The number of hydrogen-bond acceptors (Lipinski definition) is 9. The van der Waals surface area contributed by atoms with Crippen LogP contribution in [-0.4, -0.2) is 134 Å². The number of nitrogens with one attached hydrogen (secondary N) is 4. The van der Waals surface area contributed by atoms with Gasteiger partial charge in [-0.2, -0.15) is 13.2 Å². The maximum atomic E-state index is 14.6. The molecule has 5 rings (SSSR count). The molecule has 2 aromatic carbocycles. The largest absolute Gasteiger partial charge is 0.508 e. The molecule has 0 radical (unpaired) electrons. The molecule has 1 saturated heterocycles. The number of rotatable bonds is 10. The number of hydrogen-bond donors (Lipinski definition) is 6. The normalized spacial score (nSPS) is 23.6. The lowest BCUT2D eigenvalue weighted by Gasteiger charge is -2.40. The average Bonchev–Trinajstić information content (AvgIpc) is 4.09. The van der Waals surface area contributed by atoms with Crippen molar-refractivity contribution in [3.8, 4) is 5.75 Å². The fraction of sp³-hybridized carbons (Fsp3) is 0.587. The van der Waals surface area contributed by atoms with Crippen molar-refractivity contribution in [1.29, 1.82) is 0 Å². The van der Waals surface area contributed by atoms with Gasteiger partial charge in [0.2, 0.25) is 41.0 Å². The first-order chi connectivity index (χ1) is 31.1. The Bertz CT molecular complexity index is 2240. The fourth-order valence-electron chi connectivity index (χ4n) is 8.36. The number of aromatic hydroxyl groups is 1. The Hall–Kier alpha value is -5.14. The molecule has 1 aliphatic carbocycles. The van der Waals surface area contributed by atoms with Crippen molar-refractivity contribution < 1.29 is 56.9 Å². The first-order valence-corrected chi connectivity index (χ1v) is 23.0. The number of carbonyl (C=O) groups is 7. The van der Waals surface area contributed by atoms with Crippen molar-refractivity contribution in [2.45, 2.75) is 140 Å². The van der Waals surface area contributed by atoms with Crippen LogP contribution in [0.2, 0.25) is 10.0 Å². The number of fused-ring (bicyclic) bond motifs is 1. The zero-order chi connectivity index (χ0) is 49.9. The summed E-state index contributed by atoms with van der Waals surface area (Å²) in [5.74, 6) is -6.93. The van der Waals surface area contributed by atoms with Gasteiger partial charge in [-0.3, -0.25) is 33.6 Å². The smallest absolute Gasteiger partial charge is 0.426 e. The van der Waals surface area contributed by atoms with Crippen LogP contribution < -0.4 is 21.3 Å². The Morgan fingerprint density at radius 2 is 1.66 bits per heavy atom. The number of nitrogens with zero attached hydrogens (tertiary/aromatic N) is 3. The summed E-state index contributed by atoms with van der Waals surface area (Å²) in [4.78, 5) is 102. The second kappa shape index (κ2) is 21.0. The van der Waals surface area contributed by atoms with Crippen LogP contribution in [-0.2, 0) is 52.9 Å². The molecule has 6 N–H and O–H groups in total. The molecule has 1 saturated carbocycles. The number of halogens is 5. The average molecular weight is 983 g/mol. The highest BCUT2D eigenvalue weighted by molar-refractivity contribution is 6.33. The van der Waals surface area contributed by atoms with Crippen LogP contribution in [0.1, 0.15) is 89.8 Å². The number of likely N-dealkylation sites (N-methyl/N-ethyl adjacent to an activating group) is 2. The second-order valence-electron chi connectivity index (χ2n) is 18.9. The Morgan fingerprint density at radius 3 is 2.28 bits per heavy atom. The Balaban J connectivity index is 1.46. The van der Waals surface area contributed by atoms with E-state index in [-0.39, 0.29) is 67.8 Å². The maximum Gasteiger partial charge on any atom is 0.426 e. The molecule has 2 heterocycles. The van der Waals surface area contributed by atoms with E-state index in [0.29, 0.717) is 40.3 Å². The molecule has 2 fully saturated rings. The summed E-state index contributed by atoms with van der Waals surface area (Å²) in [6.45, 7) is 6.54. The zero-order valence-electron chi connectivity index (χ0n) is 38.6. The maximum absolute atomic E-state index is 14.6. The number of phenolic OH excluding ortho intramolecular Hbond substituents is 1. The third kappa shape index (κ3) is 12.5. The first kappa shape index (κ1) is 52.8.